The van der Waals surface area contributed by atoms with Crippen molar-refractivity contribution in [1.82, 2.24) is 20.9 Å². The number of ether oxygens (including phenoxy) is 1. The zero-order chi connectivity index (χ0) is 24.9. The van der Waals surface area contributed by atoms with Crippen LogP contribution in [-0.2, 0) is 19.1 Å². The summed E-state index contributed by atoms with van der Waals surface area (Å²) in [5.41, 5.74) is -0.700. The van der Waals surface area contributed by atoms with E-state index in [0.29, 0.717) is 32.4 Å². The molecule has 0 radical (unpaired) electrons. The molecule has 2 fully saturated rings. The summed E-state index contributed by atoms with van der Waals surface area (Å²) in [7, 11) is 0. The Morgan fingerprint density at radius 1 is 1.24 bits per heavy atom. The van der Waals surface area contributed by atoms with Gasteiger partial charge >= 0.3 is 6.09 Å². The number of carbonyl (C=O) groups excluding carboxylic acids is 4. The fraction of sp³-hybridized carbons (Fsp3) is 0.826. The molecule has 5 atom stereocenters. The largest absolute Gasteiger partial charge is 0.444 e. The number of aliphatic hydroxyl groups excluding tert-OH is 1. The van der Waals surface area contributed by atoms with E-state index in [-0.39, 0.29) is 42.1 Å². The van der Waals surface area contributed by atoms with Gasteiger partial charge in [-0.3, -0.25) is 14.4 Å². The molecule has 2 heterocycles. The van der Waals surface area contributed by atoms with E-state index in [4.69, 9.17) is 4.74 Å². The van der Waals surface area contributed by atoms with Crippen molar-refractivity contribution in [2.45, 2.75) is 84.5 Å². The molecule has 0 aromatic rings. The van der Waals surface area contributed by atoms with E-state index in [0.717, 1.165) is 0 Å². The smallest absolute Gasteiger partial charge is 0.408 e. The topological polar surface area (TPSA) is 137 Å². The second kappa shape index (κ2) is 11.2. The summed E-state index contributed by atoms with van der Waals surface area (Å²) in [6.45, 7) is 11.5. The monoisotopic (exact) mass is 468 g/mol. The minimum absolute atomic E-state index is 0.0676. The molecule has 0 aromatic heterocycles. The molecule has 2 aliphatic rings. The van der Waals surface area contributed by atoms with Crippen molar-refractivity contribution in [3.05, 3.63) is 0 Å². The van der Waals surface area contributed by atoms with E-state index >= 15 is 0 Å². The van der Waals surface area contributed by atoms with Crippen molar-refractivity contribution in [1.29, 1.82) is 0 Å². The van der Waals surface area contributed by atoms with Crippen LogP contribution in [-0.4, -0.2) is 77.2 Å². The lowest BCUT2D eigenvalue weighted by Crippen LogP contribution is -2.56. The highest BCUT2D eigenvalue weighted by Gasteiger charge is 2.42. The second-order valence-corrected chi connectivity index (χ2v) is 10.6. The summed E-state index contributed by atoms with van der Waals surface area (Å²) < 4.78 is 5.31. The normalized spacial score (nSPS) is 24.9. The zero-order valence-electron chi connectivity index (χ0n) is 20.6. The first-order valence-corrected chi connectivity index (χ1v) is 11.8. The van der Waals surface area contributed by atoms with Crippen LogP contribution in [0.3, 0.4) is 0 Å². The number of hydrogen-bond donors (Lipinski definition) is 4. The lowest BCUT2D eigenvalue weighted by atomic mass is 9.98. The molecule has 0 saturated carbocycles. The molecule has 2 aliphatic heterocycles. The van der Waals surface area contributed by atoms with Gasteiger partial charge in [0.1, 0.15) is 17.7 Å². The molecule has 0 aromatic carbocycles. The number of amides is 4. The third-order valence-electron chi connectivity index (χ3n) is 6.00. The third kappa shape index (κ3) is 7.58. The van der Waals surface area contributed by atoms with Crippen molar-refractivity contribution < 1.29 is 29.0 Å². The highest BCUT2D eigenvalue weighted by atomic mass is 16.6. The Bertz CT molecular complexity index is 735. The zero-order valence-corrected chi connectivity index (χ0v) is 20.6. The molecule has 0 unspecified atom stereocenters. The van der Waals surface area contributed by atoms with Gasteiger partial charge in [0.25, 0.3) is 0 Å². The molecular weight excluding hydrogens is 428 g/mol. The Kier molecular flexibility index (Phi) is 9.11. The molecule has 33 heavy (non-hydrogen) atoms. The van der Waals surface area contributed by atoms with Crippen LogP contribution in [0.1, 0.15) is 60.8 Å². The number of nitrogens with one attached hydrogen (secondary N) is 3. The lowest BCUT2D eigenvalue weighted by Gasteiger charge is -2.32. The molecule has 0 spiro atoms. The van der Waals surface area contributed by atoms with Crippen LogP contribution in [0, 0.1) is 17.8 Å². The maximum atomic E-state index is 13.4. The minimum Gasteiger partial charge on any atom is -0.444 e. The van der Waals surface area contributed by atoms with Crippen LogP contribution in [0.25, 0.3) is 0 Å². The first kappa shape index (κ1) is 26.9. The Labute approximate surface area is 196 Å². The first-order valence-electron chi connectivity index (χ1n) is 11.8. The van der Waals surface area contributed by atoms with Gasteiger partial charge in [0, 0.05) is 19.0 Å². The van der Waals surface area contributed by atoms with E-state index in [1.54, 1.807) is 20.8 Å². The van der Waals surface area contributed by atoms with Crippen molar-refractivity contribution >= 4 is 23.8 Å². The van der Waals surface area contributed by atoms with E-state index < -0.39 is 29.8 Å². The molecule has 188 valence electrons. The molecule has 2 saturated heterocycles. The van der Waals surface area contributed by atoms with E-state index in [2.05, 4.69) is 16.0 Å². The van der Waals surface area contributed by atoms with Gasteiger partial charge < -0.3 is 30.7 Å². The Morgan fingerprint density at radius 2 is 1.91 bits per heavy atom. The molecule has 0 aliphatic carbocycles. The highest BCUT2D eigenvalue weighted by Crippen LogP contribution is 2.26. The van der Waals surface area contributed by atoms with Crippen molar-refractivity contribution in [3.8, 4) is 0 Å². The summed E-state index contributed by atoms with van der Waals surface area (Å²) >= 11 is 0. The Hall–Kier alpha value is -2.36. The van der Waals surface area contributed by atoms with E-state index in [1.807, 2.05) is 20.8 Å². The van der Waals surface area contributed by atoms with Gasteiger partial charge in [-0.25, -0.2) is 4.79 Å². The number of aliphatic hydroxyl groups is 1. The second-order valence-electron chi connectivity index (χ2n) is 10.6. The van der Waals surface area contributed by atoms with Crippen LogP contribution in [0.5, 0.6) is 0 Å². The molecule has 10 nitrogen and oxygen atoms in total. The van der Waals surface area contributed by atoms with Gasteiger partial charge in [-0.05, 0) is 51.9 Å². The van der Waals surface area contributed by atoms with Gasteiger partial charge in [0.15, 0.2) is 0 Å². The predicted molar refractivity (Wildman–Crippen MR) is 122 cm³/mol. The molecule has 10 heteroatoms. The molecular formula is C23H40N4O6. The van der Waals surface area contributed by atoms with Gasteiger partial charge in [0.2, 0.25) is 17.7 Å². The first-order chi connectivity index (χ1) is 15.3. The average Bonchev–Trinajstić information content (AvgIpc) is 3.28. The van der Waals surface area contributed by atoms with Gasteiger partial charge in [-0.2, -0.15) is 0 Å². The minimum atomic E-state index is -0.837. The highest BCUT2D eigenvalue weighted by molar-refractivity contribution is 5.92. The summed E-state index contributed by atoms with van der Waals surface area (Å²) in [5, 5.41) is 18.0. The Balaban J connectivity index is 2.08. The van der Waals surface area contributed by atoms with Gasteiger partial charge in [-0.15, -0.1) is 0 Å². The van der Waals surface area contributed by atoms with Crippen molar-refractivity contribution in [3.63, 3.8) is 0 Å². The number of carbonyl (C=O) groups is 4. The molecule has 4 amide bonds. The molecule has 0 bridgehead atoms. The Morgan fingerprint density at radius 3 is 2.42 bits per heavy atom. The summed E-state index contributed by atoms with van der Waals surface area (Å²) in [6.07, 6.45) is 0.816. The average molecular weight is 469 g/mol. The SMILES string of the molecule is CC(C)[C@H](NC(=O)OC(C)(C)C)C(=O)N1C[C@@H](C)C[C@H]1C(=O)N[C@H](CO)C[C@@H]1CCNC1=O. The third-order valence-corrected chi connectivity index (χ3v) is 6.00. The fourth-order valence-corrected chi connectivity index (χ4v) is 4.35. The predicted octanol–water partition coefficient (Wildman–Crippen LogP) is 0.776. The quantitative estimate of drug-likeness (QED) is 0.415. The van der Waals surface area contributed by atoms with Crippen LogP contribution < -0.4 is 16.0 Å². The van der Waals surface area contributed by atoms with Crippen LogP contribution in [0.15, 0.2) is 0 Å². The summed E-state index contributed by atoms with van der Waals surface area (Å²) in [5.74, 6) is -1.11. The summed E-state index contributed by atoms with van der Waals surface area (Å²) in [4.78, 5) is 52.2. The molecule has 2 rings (SSSR count). The lowest BCUT2D eigenvalue weighted by molar-refractivity contribution is -0.141. The number of alkyl carbamates (subject to hydrolysis) is 1. The molecule has 4 N–H and O–H groups in total. The number of likely N-dealkylation sites (tertiary alicyclic amines) is 1. The standard InChI is InChI=1S/C23H40N4O6/c1-13(2)18(26-22(32)33-23(4,5)6)21(31)27-11-14(3)9-17(27)20(30)25-16(12-28)10-15-7-8-24-19(15)29/h13-18,28H,7-12H2,1-6H3,(H,24,29)(H,25,30)(H,26,32)/t14-,15-,16-,17-,18-/m0/s1. The van der Waals surface area contributed by atoms with Crippen LogP contribution >= 0.6 is 0 Å². The van der Waals surface area contributed by atoms with Crippen LogP contribution in [0.2, 0.25) is 0 Å². The maximum Gasteiger partial charge on any atom is 0.408 e. The van der Waals surface area contributed by atoms with Crippen molar-refractivity contribution in [2.75, 3.05) is 19.7 Å². The van der Waals surface area contributed by atoms with Gasteiger partial charge in [0.05, 0.1) is 12.6 Å². The number of hydrogen-bond acceptors (Lipinski definition) is 6. The fourth-order valence-electron chi connectivity index (χ4n) is 4.35. The maximum absolute atomic E-state index is 13.4. The van der Waals surface area contributed by atoms with E-state index in [1.165, 1.54) is 4.90 Å². The van der Waals surface area contributed by atoms with Crippen molar-refractivity contribution in [2.24, 2.45) is 17.8 Å². The van der Waals surface area contributed by atoms with Gasteiger partial charge in [-0.1, -0.05) is 20.8 Å². The van der Waals surface area contributed by atoms with E-state index in [9.17, 15) is 24.3 Å². The summed E-state index contributed by atoms with van der Waals surface area (Å²) in [6, 6.07) is -2.11. The number of nitrogens with zero attached hydrogens (tertiary/aromatic N) is 1. The van der Waals surface area contributed by atoms with Crippen LogP contribution in [0.4, 0.5) is 4.79 Å². The number of rotatable bonds is 8.